The maximum atomic E-state index is 13.3. The van der Waals surface area contributed by atoms with Gasteiger partial charge in [-0.25, -0.2) is 4.79 Å². The highest BCUT2D eigenvalue weighted by molar-refractivity contribution is 5.93. The monoisotopic (exact) mass is 579 g/mol. The summed E-state index contributed by atoms with van der Waals surface area (Å²) in [7, 11) is 1.67. The Balaban J connectivity index is 4.66. The van der Waals surface area contributed by atoms with Gasteiger partial charge in [0.25, 0.3) is 0 Å². The van der Waals surface area contributed by atoms with Crippen molar-refractivity contribution in [1.82, 2.24) is 15.5 Å². The van der Waals surface area contributed by atoms with Crippen molar-refractivity contribution in [3.05, 3.63) is 12.2 Å². The molecule has 0 rings (SSSR count). The second kappa shape index (κ2) is 15.1. The maximum absolute atomic E-state index is 13.3. The molecule has 0 bridgehead atoms. The molecule has 2 atom stereocenters. The molecule has 0 fully saturated rings. The molecule has 0 aliphatic carbocycles. The number of likely N-dealkylation sites (N-methyl/N-ethyl adjacent to an activating group) is 1. The van der Waals surface area contributed by atoms with Gasteiger partial charge < -0.3 is 15.0 Å². The first-order valence-corrected chi connectivity index (χ1v) is 15.4. The molecule has 0 spiro atoms. The lowest BCUT2D eigenvalue weighted by atomic mass is 9.75. The Morgan fingerprint density at radius 3 is 1.54 bits per heavy atom. The van der Waals surface area contributed by atoms with E-state index in [0.29, 0.717) is 0 Å². The zero-order valence-corrected chi connectivity index (χ0v) is 29.4. The number of carbonyl (C=O) groups excluding carboxylic acids is 3. The van der Waals surface area contributed by atoms with Crippen molar-refractivity contribution in [3.8, 4) is 0 Å². The van der Waals surface area contributed by atoms with Crippen LogP contribution in [0.3, 0.4) is 0 Å². The summed E-state index contributed by atoms with van der Waals surface area (Å²) in [5.41, 5.74) is -2.80. The zero-order chi connectivity index (χ0) is 32.5. The molecule has 0 unspecified atom stereocenters. The van der Waals surface area contributed by atoms with Crippen LogP contribution >= 0.6 is 0 Å². The van der Waals surface area contributed by atoms with Gasteiger partial charge in [-0.2, -0.15) is 0 Å². The van der Waals surface area contributed by atoms with Crippen LogP contribution in [0.15, 0.2) is 12.2 Å². The van der Waals surface area contributed by atoms with E-state index in [1.165, 1.54) is 4.90 Å². The minimum absolute atomic E-state index is 0.0513. The number of rotatable bonds is 15. The average molecular weight is 580 g/mol. The first-order chi connectivity index (χ1) is 18.2. The van der Waals surface area contributed by atoms with Crippen molar-refractivity contribution in [3.63, 3.8) is 0 Å². The highest BCUT2D eigenvalue weighted by Crippen LogP contribution is 2.29. The summed E-state index contributed by atoms with van der Waals surface area (Å²) in [4.78, 5) is 40.6. The van der Waals surface area contributed by atoms with E-state index < -0.39 is 22.6 Å². The minimum Gasteiger partial charge on any atom is -0.445 e. The van der Waals surface area contributed by atoms with Crippen LogP contribution in [0.4, 0.5) is 4.79 Å². The molecule has 2 N–H and O–H groups in total. The van der Waals surface area contributed by atoms with Crippen molar-refractivity contribution >= 4 is 17.7 Å². The van der Waals surface area contributed by atoms with Crippen LogP contribution in [0.1, 0.15) is 135 Å². The van der Waals surface area contributed by atoms with Crippen LogP contribution in [0.2, 0.25) is 0 Å². The predicted molar refractivity (Wildman–Crippen MR) is 172 cm³/mol. The fourth-order valence-corrected chi connectivity index (χ4v) is 5.76. The molecule has 41 heavy (non-hydrogen) atoms. The topological polar surface area (TPSA) is 87.7 Å². The molecule has 7 heteroatoms. The van der Waals surface area contributed by atoms with Gasteiger partial charge in [-0.3, -0.25) is 14.9 Å². The van der Waals surface area contributed by atoms with E-state index in [-0.39, 0.29) is 41.2 Å². The third-order valence-corrected chi connectivity index (χ3v) is 6.80. The predicted octanol–water partition coefficient (Wildman–Crippen LogP) is 7.48. The molecular weight excluding hydrogens is 514 g/mol. The number of ketones is 2. The molecule has 0 saturated carbocycles. The van der Waals surface area contributed by atoms with Crippen LogP contribution in [-0.4, -0.2) is 64.9 Å². The normalized spacial score (nSPS) is 16.3. The standard InChI is InChI=1S/C34H65N3O4/c1-29(2,3)26(38)33(13,35-31(7,8)9)23-21-19-17-16-18-20-22-24-41-28(40)37(15)25-34(14,36-32(10,11)12)27(39)30(4,5)6/h20,22,35-36H,16-19,21,23-25H2,1-15H3/b22-20+/t33-,34+/m0/s1. The first-order valence-electron chi connectivity index (χ1n) is 15.4. The largest absolute Gasteiger partial charge is 0.445 e. The number of unbranched alkanes of at least 4 members (excludes halogenated alkanes) is 4. The van der Waals surface area contributed by atoms with E-state index >= 15 is 0 Å². The average Bonchev–Trinajstić information content (AvgIpc) is 2.75. The molecular formula is C34H65N3O4. The number of ether oxygens (including phenoxy) is 1. The Morgan fingerprint density at radius 2 is 1.07 bits per heavy atom. The van der Waals surface area contributed by atoms with Gasteiger partial charge in [0.2, 0.25) is 0 Å². The fraction of sp³-hybridized carbons (Fsp3) is 0.853. The number of nitrogens with zero attached hydrogens (tertiary/aromatic N) is 1. The van der Waals surface area contributed by atoms with E-state index in [2.05, 4.69) is 44.4 Å². The van der Waals surface area contributed by atoms with E-state index in [0.717, 1.165) is 38.5 Å². The van der Waals surface area contributed by atoms with Gasteiger partial charge in [-0.05, 0) is 74.7 Å². The van der Waals surface area contributed by atoms with Gasteiger partial charge in [0.15, 0.2) is 11.6 Å². The molecule has 0 aromatic rings. The van der Waals surface area contributed by atoms with Crippen molar-refractivity contribution in [2.75, 3.05) is 20.2 Å². The Hall–Kier alpha value is -1.73. The summed E-state index contributed by atoms with van der Waals surface area (Å²) in [5.74, 6) is 0.314. The lowest BCUT2D eigenvalue weighted by Gasteiger charge is -2.41. The van der Waals surface area contributed by atoms with Gasteiger partial charge in [0.05, 0.1) is 11.1 Å². The van der Waals surface area contributed by atoms with Crippen LogP contribution in [0.5, 0.6) is 0 Å². The fourth-order valence-electron chi connectivity index (χ4n) is 5.76. The van der Waals surface area contributed by atoms with Gasteiger partial charge in [0, 0.05) is 35.5 Å². The number of Topliss-reactive ketones (excluding diaryl/α,β-unsaturated/α-hetero) is 2. The summed E-state index contributed by atoms with van der Waals surface area (Å²) in [5, 5.41) is 7.02. The number of allylic oxidation sites excluding steroid dienone is 1. The molecule has 0 radical (unpaired) electrons. The first kappa shape index (κ1) is 39.3. The number of amides is 1. The lowest BCUT2D eigenvalue weighted by Crippen LogP contribution is -2.64. The van der Waals surface area contributed by atoms with Gasteiger partial charge in [-0.1, -0.05) is 73.0 Å². The van der Waals surface area contributed by atoms with Crippen molar-refractivity contribution in [2.24, 2.45) is 10.8 Å². The van der Waals surface area contributed by atoms with Gasteiger partial charge in [-0.15, -0.1) is 0 Å². The van der Waals surface area contributed by atoms with Crippen molar-refractivity contribution < 1.29 is 19.1 Å². The highest BCUT2D eigenvalue weighted by Gasteiger charge is 2.44. The SMILES string of the molecule is CN(C[C@@](C)(NC(C)(C)C)C(=O)C(C)(C)C)C(=O)OC/C=C/CCCCCC[C@](C)(NC(C)(C)C)C(=O)C(C)(C)C. The summed E-state index contributed by atoms with van der Waals surface area (Å²) < 4.78 is 5.44. The third kappa shape index (κ3) is 15.3. The van der Waals surface area contributed by atoms with Crippen LogP contribution < -0.4 is 10.6 Å². The number of hydrogen-bond donors (Lipinski definition) is 2. The second-order valence-electron chi connectivity index (χ2n) is 16.4. The van der Waals surface area contributed by atoms with E-state index in [9.17, 15) is 14.4 Å². The molecule has 0 saturated heterocycles. The molecule has 0 aliphatic rings. The lowest BCUT2D eigenvalue weighted by molar-refractivity contribution is -0.134. The minimum atomic E-state index is -0.902. The molecule has 0 heterocycles. The second-order valence-corrected chi connectivity index (χ2v) is 16.4. The maximum Gasteiger partial charge on any atom is 0.409 e. The van der Waals surface area contributed by atoms with Gasteiger partial charge >= 0.3 is 6.09 Å². The summed E-state index contributed by atoms with van der Waals surface area (Å²) >= 11 is 0. The smallest absolute Gasteiger partial charge is 0.409 e. The van der Waals surface area contributed by atoms with Crippen LogP contribution in [-0.2, 0) is 14.3 Å². The summed E-state index contributed by atoms with van der Waals surface area (Å²) in [6.07, 6.45) is 9.42. The molecule has 240 valence electrons. The van der Waals surface area contributed by atoms with Crippen LogP contribution in [0, 0.1) is 10.8 Å². The summed E-state index contributed by atoms with van der Waals surface area (Å²) in [6, 6.07) is 0. The van der Waals surface area contributed by atoms with E-state index in [1.807, 2.05) is 75.3 Å². The Bertz CT molecular complexity index is 884. The van der Waals surface area contributed by atoms with Crippen molar-refractivity contribution in [1.29, 1.82) is 0 Å². The zero-order valence-electron chi connectivity index (χ0n) is 29.4. The molecule has 0 aromatic heterocycles. The molecule has 7 nitrogen and oxygen atoms in total. The third-order valence-electron chi connectivity index (χ3n) is 6.80. The number of nitrogens with one attached hydrogen (secondary N) is 2. The number of carbonyl (C=O) groups is 3. The van der Waals surface area contributed by atoms with Gasteiger partial charge in [0.1, 0.15) is 6.61 Å². The van der Waals surface area contributed by atoms with Crippen LogP contribution in [0.25, 0.3) is 0 Å². The van der Waals surface area contributed by atoms with E-state index in [1.54, 1.807) is 7.05 Å². The highest BCUT2D eigenvalue weighted by atomic mass is 16.6. The Labute approximate surface area is 253 Å². The molecule has 0 aromatic carbocycles. The Morgan fingerprint density at radius 1 is 0.634 bits per heavy atom. The summed E-state index contributed by atoms with van der Waals surface area (Å²) in [6.45, 7) is 28.4. The molecule has 0 aliphatic heterocycles. The van der Waals surface area contributed by atoms with Crippen molar-refractivity contribution in [2.45, 2.75) is 158 Å². The Kier molecular flexibility index (Phi) is 14.5. The van der Waals surface area contributed by atoms with E-state index in [4.69, 9.17) is 4.74 Å². The number of hydrogen-bond acceptors (Lipinski definition) is 6. The molecule has 1 amide bonds. The quantitative estimate of drug-likeness (QED) is 0.154.